The molecule has 4 aromatic rings. The minimum Gasteiger partial charge on any atom is -0.315 e. The molecule has 0 N–H and O–H groups in total. The van der Waals surface area contributed by atoms with Crippen LogP contribution in [0.3, 0.4) is 0 Å². The first-order valence-electron chi connectivity index (χ1n) is 14.7. The quantitative estimate of drug-likeness (QED) is 0.271. The van der Waals surface area contributed by atoms with E-state index in [1.165, 1.54) is 34.7 Å². The van der Waals surface area contributed by atoms with Crippen molar-refractivity contribution in [2.75, 3.05) is 11.4 Å². The number of carbonyl (C=O) groups is 1. The second-order valence-corrected chi connectivity index (χ2v) is 11.0. The van der Waals surface area contributed by atoms with Gasteiger partial charge in [0, 0.05) is 69.2 Å². The minimum atomic E-state index is -0.448. The summed E-state index contributed by atoms with van der Waals surface area (Å²) in [5, 5.41) is 4.12. The molecule has 0 saturated heterocycles. The molecule has 1 saturated carbocycles. The van der Waals surface area contributed by atoms with E-state index in [9.17, 15) is 24.0 Å². The Morgan fingerprint density at radius 2 is 1.82 bits per heavy atom. The third-order valence-corrected chi connectivity index (χ3v) is 7.85. The molecule has 1 aliphatic carbocycles. The molecule has 1 amide bonds. The lowest BCUT2D eigenvalue weighted by Crippen LogP contribution is -2.40. The zero-order valence-corrected chi connectivity index (χ0v) is 24.5. The van der Waals surface area contributed by atoms with Gasteiger partial charge in [0.2, 0.25) is 5.56 Å². The van der Waals surface area contributed by atoms with Gasteiger partial charge in [0.25, 0.3) is 17.0 Å². The Kier molecular flexibility index (Phi) is 7.77. The summed E-state index contributed by atoms with van der Waals surface area (Å²) >= 11 is 0. The Hall–Kier alpha value is -5.20. The minimum absolute atomic E-state index is 0.0426. The summed E-state index contributed by atoms with van der Waals surface area (Å²) in [5.74, 6) is 0.313. The number of rotatable bonds is 10. The largest absolute Gasteiger partial charge is 0.332 e. The Balaban J connectivity index is 1.29. The maximum absolute atomic E-state index is 13.6. The molecule has 44 heavy (non-hydrogen) atoms. The number of carbonyl (C=O) groups excluding carboxylic acids is 1. The van der Waals surface area contributed by atoms with Crippen molar-refractivity contribution in [2.45, 2.75) is 58.2 Å². The highest BCUT2D eigenvalue weighted by molar-refractivity contribution is 6.07. The smallest absolute Gasteiger partial charge is 0.315 e. The van der Waals surface area contributed by atoms with Gasteiger partial charge in [-0.05, 0) is 49.9 Å². The first-order chi connectivity index (χ1) is 21.3. The molecular formula is C31H32N8O5. The monoisotopic (exact) mass is 596 g/mol. The number of hydrogen-bond donors (Lipinski definition) is 0. The van der Waals surface area contributed by atoms with Crippen LogP contribution in [0.1, 0.15) is 60.3 Å². The predicted molar refractivity (Wildman–Crippen MR) is 164 cm³/mol. The van der Waals surface area contributed by atoms with Crippen LogP contribution >= 0.6 is 0 Å². The number of fused-ring (bicyclic) bond motifs is 1. The summed E-state index contributed by atoms with van der Waals surface area (Å²) in [5.41, 5.74) is 0.808. The second kappa shape index (κ2) is 11.8. The van der Waals surface area contributed by atoms with Crippen LogP contribution < -0.4 is 27.3 Å². The van der Waals surface area contributed by atoms with E-state index in [2.05, 4.69) is 10.1 Å². The van der Waals surface area contributed by atoms with Crippen LogP contribution in [0.4, 0.5) is 11.6 Å². The first kappa shape index (κ1) is 28.9. The fraction of sp³-hybridized carbons (Fsp3) is 0.355. The number of amides is 1. The van der Waals surface area contributed by atoms with E-state index in [1.54, 1.807) is 45.8 Å². The Morgan fingerprint density at radius 1 is 1.00 bits per heavy atom. The van der Waals surface area contributed by atoms with Crippen molar-refractivity contribution in [3.05, 3.63) is 113 Å². The van der Waals surface area contributed by atoms with Crippen LogP contribution in [-0.2, 0) is 26.6 Å². The van der Waals surface area contributed by atoms with E-state index in [4.69, 9.17) is 4.99 Å². The van der Waals surface area contributed by atoms with E-state index in [-0.39, 0.29) is 47.1 Å². The highest BCUT2D eigenvalue weighted by atomic mass is 16.2. The highest BCUT2D eigenvalue weighted by Gasteiger charge is 2.33. The SMILES string of the molecule is CCCn1c2c(c(=O)n(C3CC3)c1=O)CC(c1ccc(N(CCCn3ccccc3=O)C(=O)c3ccc(=O)n(C)n3)nc1)=N2. The summed E-state index contributed by atoms with van der Waals surface area (Å²) in [4.78, 5) is 74.9. The molecule has 0 spiro atoms. The van der Waals surface area contributed by atoms with E-state index >= 15 is 0 Å². The summed E-state index contributed by atoms with van der Waals surface area (Å²) in [6.07, 6.45) is 6.39. The Bertz CT molecular complexity index is 2010. The van der Waals surface area contributed by atoms with Crippen molar-refractivity contribution in [2.24, 2.45) is 12.0 Å². The van der Waals surface area contributed by atoms with Crippen molar-refractivity contribution in [1.82, 2.24) is 28.5 Å². The van der Waals surface area contributed by atoms with Gasteiger partial charge in [-0.15, -0.1) is 0 Å². The average molecular weight is 597 g/mol. The molecule has 0 aromatic carbocycles. The molecule has 4 aromatic heterocycles. The summed E-state index contributed by atoms with van der Waals surface area (Å²) in [7, 11) is 1.47. The van der Waals surface area contributed by atoms with Gasteiger partial charge in [0.05, 0.1) is 11.3 Å². The molecule has 1 fully saturated rings. The molecule has 0 atom stereocenters. The zero-order chi connectivity index (χ0) is 31.0. The topological polar surface area (TPSA) is 146 Å². The Labute approximate surface area is 251 Å². The number of nitrogens with zero attached hydrogens (tertiary/aromatic N) is 8. The van der Waals surface area contributed by atoms with Crippen LogP contribution in [0, 0.1) is 0 Å². The van der Waals surface area contributed by atoms with Crippen molar-refractivity contribution < 1.29 is 4.79 Å². The van der Waals surface area contributed by atoms with Crippen molar-refractivity contribution in [3.63, 3.8) is 0 Å². The van der Waals surface area contributed by atoms with Gasteiger partial charge in [0.15, 0.2) is 0 Å². The first-order valence-corrected chi connectivity index (χ1v) is 14.7. The van der Waals surface area contributed by atoms with Crippen LogP contribution in [0.5, 0.6) is 0 Å². The van der Waals surface area contributed by atoms with Gasteiger partial charge < -0.3 is 4.57 Å². The lowest BCUT2D eigenvalue weighted by atomic mass is 10.1. The molecule has 13 nitrogen and oxygen atoms in total. The number of hydrogen-bond acceptors (Lipinski definition) is 8. The maximum Gasteiger partial charge on any atom is 0.332 e. The molecule has 2 aliphatic rings. The van der Waals surface area contributed by atoms with E-state index in [0.29, 0.717) is 48.0 Å². The highest BCUT2D eigenvalue weighted by Crippen LogP contribution is 2.34. The van der Waals surface area contributed by atoms with E-state index in [0.717, 1.165) is 23.9 Å². The van der Waals surface area contributed by atoms with Crippen LogP contribution in [0.2, 0.25) is 0 Å². The van der Waals surface area contributed by atoms with Crippen molar-refractivity contribution in [3.8, 4) is 0 Å². The molecular weight excluding hydrogens is 564 g/mol. The molecule has 0 bridgehead atoms. The number of aryl methyl sites for hydroxylation is 2. The Morgan fingerprint density at radius 3 is 2.50 bits per heavy atom. The predicted octanol–water partition coefficient (Wildman–Crippen LogP) is 1.82. The van der Waals surface area contributed by atoms with Crippen molar-refractivity contribution >= 4 is 23.3 Å². The summed E-state index contributed by atoms with van der Waals surface area (Å²) in [6, 6.07) is 11.0. The molecule has 0 radical (unpaired) electrons. The molecule has 0 unspecified atom stereocenters. The lowest BCUT2D eigenvalue weighted by Gasteiger charge is -2.22. The van der Waals surface area contributed by atoms with Gasteiger partial charge >= 0.3 is 5.69 Å². The number of aromatic nitrogens is 6. The van der Waals surface area contributed by atoms with Gasteiger partial charge in [-0.1, -0.05) is 13.0 Å². The molecule has 6 rings (SSSR count). The average Bonchev–Trinajstić information content (AvgIpc) is 3.76. The fourth-order valence-corrected chi connectivity index (χ4v) is 5.41. The summed E-state index contributed by atoms with van der Waals surface area (Å²) < 4.78 is 5.64. The number of aliphatic imine (C=N–C) groups is 1. The zero-order valence-electron chi connectivity index (χ0n) is 24.5. The fourth-order valence-electron chi connectivity index (χ4n) is 5.41. The van der Waals surface area contributed by atoms with Gasteiger partial charge in [-0.25, -0.2) is 19.5 Å². The van der Waals surface area contributed by atoms with Gasteiger partial charge in [0.1, 0.15) is 17.3 Å². The van der Waals surface area contributed by atoms with Gasteiger partial charge in [-0.2, -0.15) is 5.10 Å². The third-order valence-electron chi connectivity index (χ3n) is 7.85. The third kappa shape index (κ3) is 5.48. The van der Waals surface area contributed by atoms with Crippen LogP contribution in [-0.4, -0.2) is 46.6 Å². The molecule has 13 heteroatoms. The summed E-state index contributed by atoms with van der Waals surface area (Å²) in [6.45, 7) is 3.05. The lowest BCUT2D eigenvalue weighted by molar-refractivity contribution is 0.0978. The van der Waals surface area contributed by atoms with Crippen LogP contribution in [0.15, 0.2) is 79.0 Å². The maximum atomic E-state index is 13.6. The molecule has 226 valence electrons. The van der Waals surface area contributed by atoms with Crippen LogP contribution in [0.25, 0.3) is 0 Å². The normalized spacial score (nSPS) is 13.9. The molecule has 1 aliphatic heterocycles. The van der Waals surface area contributed by atoms with Gasteiger partial charge in [-0.3, -0.25) is 33.2 Å². The van der Waals surface area contributed by atoms with Crippen molar-refractivity contribution in [1.29, 1.82) is 0 Å². The number of anilines is 1. The standard InChI is InChI=1S/C31H32N8O5/c1-3-14-38-28-22(29(42)39(31(38)44)21-9-10-21)18-24(33-28)20-8-12-25(32-19-20)37(17-6-16-36-15-5-4-7-27(36)41)30(43)23-11-13-26(40)35(2)34-23/h4-5,7-8,11-13,15,19,21H,3,6,9-10,14,16-18H2,1-2H3. The molecule has 5 heterocycles. The van der Waals surface area contributed by atoms with E-state index in [1.807, 2.05) is 6.92 Å². The number of pyridine rings is 2. The second-order valence-electron chi connectivity index (χ2n) is 11.0. The van der Waals surface area contributed by atoms with E-state index < -0.39 is 5.91 Å².